The van der Waals surface area contributed by atoms with Gasteiger partial charge in [0.05, 0.1) is 11.3 Å². The molecule has 1 aromatic rings. The molecule has 0 unspecified atom stereocenters. The molecule has 0 fully saturated rings. The lowest BCUT2D eigenvalue weighted by Crippen LogP contribution is -2.08. The average molecular weight is 290 g/mol. The van der Waals surface area contributed by atoms with Crippen LogP contribution in [0, 0.1) is 0 Å². The fourth-order valence-corrected chi connectivity index (χ4v) is 1.24. The summed E-state index contributed by atoms with van der Waals surface area (Å²) in [7, 11) is 0. The summed E-state index contributed by atoms with van der Waals surface area (Å²) in [6.07, 6.45) is -7.64. The molecule has 0 saturated heterocycles. The van der Waals surface area contributed by atoms with Crippen molar-refractivity contribution in [2.75, 3.05) is 0 Å². The van der Waals surface area contributed by atoms with Crippen LogP contribution in [0.1, 0.15) is 23.4 Å². The van der Waals surface area contributed by atoms with Crippen LogP contribution in [-0.4, -0.2) is 4.98 Å². The van der Waals surface area contributed by atoms with Gasteiger partial charge < -0.3 is 0 Å². The van der Waals surface area contributed by atoms with Crippen LogP contribution in [-0.2, 0) is 11.5 Å². The Morgan fingerprint density at radius 3 is 2.27 bits per heavy atom. The zero-order valence-corrected chi connectivity index (χ0v) is 8.74. The van der Waals surface area contributed by atoms with Gasteiger partial charge in [0.25, 0.3) is 6.43 Å². The highest BCUT2D eigenvalue weighted by atomic mass is 79.9. The standard InChI is InChI=1S/C8H5BrF5N/c9-3-5-1-4(8(12,13)14)2-6(15-5)7(10)11/h1-2,7H,3H2. The molecule has 84 valence electrons. The second-order valence-electron chi connectivity index (χ2n) is 2.70. The van der Waals surface area contributed by atoms with E-state index in [0.717, 1.165) is 6.07 Å². The SMILES string of the molecule is FC(F)c1cc(C(F)(F)F)cc(CBr)n1. The molecule has 1 nitrogen and oxygen atoms in total. The van der Waals surface area contributed by atoms with E-state index in [1.54, 1.807) is 0 Å². The van der Waals surface area contributed by atoms with Crippen LogP contribution in [0.15, 0.2) is 12.1 Å². The minimum atomic E-state index is -4.64. The molecule has 1 rings (SSSR count). The van der Waals surface area contributed by atoms with Crippen LogP contribution in [0.2, 0.25) is 0 Å². The Kier molecular flexibility index (Phi) is 3.64. The van der Waals surface area contributed by atoms with Crippen LogP contribution >= 0.6 is 15.9 Å². The van der Waals surface area contributed by atoms with Gasteiger partial charge in [0.1, 0.15) is 5.69 Å². The van der Waals surface area contributed by atoms with Gasteiger partial charge in [-0.2, -0.15) is 13.2 Å². The second-order valence-corrected chi connectivity index (χ2v) is 3.26. The second kappa shape index (κ2) is 4.42. The Morgan fingerprint density at radius 2 is 1.87 bits per heavy atom. The molecule has 0 aliphatic heterocycles. The molecule has 1 heterocycles. The molecule has 0 radical (unpaired) electrons. The first kappa shape index (κ1) is 12.4. The molecule has 15 heavy (non-hydrogen) atoms. The summed E-state index contributed by atoms with van der Waals surface area (Å²) < 4.78 is 61.2. The van der Waals surface area contributed by atoms with Crippen molar-refractivity contribution in [1.82, 2.24) is 4.98 Å². The van der Waals surface area contributed by atoms with Crippen molar-refractivity contribution in [3.8, 4) is 0 Å². The van der Waals surface area contributed by atoms with E-state index in [0.29, 0.717) is 6.07 Å². The summed E-state index contributed by atoms with van der Waals surface area (Å²) in [5.41, 5.74) is -2.04. The highest BCUT2D eigenvalue weighted by molar-refractivity contribution is 9.08. The topological polar surface area (TPSA) is 12.9 Å². The van der Waals surface area contributed by atoms with E-state index >= 15 is 0 Å². The highest BCUT2D eigenvalue weighted by Gasteiger charge is 2.32. The Labute approximate surface area is 90.4 Å². The summed E-state index contributed by atoms with van der Waals surface area (Å²) in [6.45, 7) is 0. The van der Waals surface area contributed by atoms with E-state index in [4.69, 9.17) is 0 Å². The molecule has 0 aromatic carbocycles. The lowest BCUT2D eigenvalue weighted by Gasteiger charge is -2.09. The molecule has 0 N–H and O–H groups in total. The summed E-state index contributed by atoms with van der Waals surface area (Å²) in [4.78, 5) is 3.37. The first-order valence-corrected chi connectivity index (χ1v) is 4.89. The third-order valence-corrected chi connectivity index (χ3v) is 2.16. The van der Waals surface area contributed by atoms with Crippen molar-refractivity contribution in [3.05, 3.63) is 29.1 Å². The maximum atomic E-state index is 12.3. The van der Waals surface area contributed by atoms with E-state index in [-0.39, 0.29) is 11.0 Å². The van der Waals surface area contributed by atoms with Gasteiger partial charge in [-0.1, -0.05) is 15.9 Å². The van der Waals surface area contributed by atoms with Gasteiger partial charge in [-0.05, 0) is 12.1 Å². The average Bonchev–Trinajstić information content (AvgIpc) is 2.15. The van der Waals surface area contributed by atoms with Crippen LogP contribution in [0.3, 0.4) is 0 Å². The minimum absolute atomic E-state index is 0.00333. The number of halogens is 6. The molecule has 7 heteroatoms. The highest BCUT2D eigenvalue weighted by Crippen LogP contribution is 2.32. The fourth-order valence-electron chi connectivity index (χ4n) is 0.955. The van der Waals surface area contributed by atoms with Gasteiger partial charge in [-0.15, -0.1) is 0 Å². The van der Waals surface area contributed by atoms with Gasteiger partial charge in [-0.25, -0.2) is 8.78 Å². The smallest absolute Gasteiger partial charge is 0.251 e. The van der Waals surface area contributed by atoms with Gasteiger partial charge >= 0.3 is 6.18 Å². The Hall–Kier alpha value is -0.720. The van der Waals surface area contributed by atoms with Crippen molar-refractivity contribution in [3.63, 3.8) is 0 Å². The molecule has 0 spiro atoms. The summed E-state index contributed by atoms with van der Waals surface area (Å²) in [6, 6.07) is 1.09. The molecule has 0 aliphatic carbocycles. The number of alkyl halides is 6. The largest absolute Gasteiger partial charge is 0.416 e. The molecule has 0 atom stereocenters. The Morgan fingerprint density at radius 1 is 1.27 bits per heavy atom. The van der Waals surface area contributed by atoms with Crippen molar-refractivity contribution < 1.29 is 22.0 Å². The number of rotatable bonds is 2. The monoisotopic (exact) mass is 289 g/mol. The van der Waals surface area contributed by atoms with Gasteiger partial charge in [0, 0.05) is 5.33 Å². The van der Waals surface area contributed by atoms with Crippen LogP contribution < -0.4 is 0 Å². The molecular weight excluding hydrogens is 285 g/mol. The molecule has 0 amide bonds. The lowest BCUT2D eigenvalue weighted by atomic mass is 10.2. The zero-order valence-electron chi connectivity index (χ0n) is 7.15. The minimum Gasteiger partial charge on any atom is -0.251 e. The maximum Gasteiger partial charge on any atom is 0.416 e. The predicted molar refractivity (Wildman–Crippen MR) is 46.8 cm³/mol. The van der Waals surface area contributed by atoms with E-state index in [1.165, 1.54) is 0 Å². The third-order valence-electron chi connectivity index (χ3n) is 1.59. The predicted octanol–water partition coefficient (Wildman–Crippen LogP) is 3.93. The van der Waals surface area contributed by atoms with Gasteiger partial charge in [0.2, 0.25) is 0 Å². The van der Waals surface area contributed by atoms with Crippen molar-refractivity contribution >= 4 is 15.9 Å². The Bertz CT molecular complexity index is 349. The molecule has 0 aliphatic rings. The third kappa shape index (κ3) is 3.12. The first-order valence-electron chi connectivity index (χ1n) is 3.76. The first-order chi connectivity index (χ1) is 6.84. The molecular formula is C8H5BrF5N. The maximum absolute atomic E-state index is 12.3. The number of hydrogen-bond donors (Lipinski definition) is 0. The summed E-state index contributed by atoms with van der Waals surface area (Å²) in [5.74, 6) is 0. The Balaban J connectivity index is 3.23. The van der Waals surface area contributed by atoms with E-state index in [1.807, 2.05) is 0 Å². The number of hydrogen-bond acceptors (Lipinski definition) is 1. The quantitative estimate of drug-likeness (QED) is 0.594. The van der Waals surface area contributed by atoms with Gasteiger partial charge in [0.15, 0.2) is 0 Å². The van der Waals surface area contributed by atoms with Crippen LogP contribution in [0.25, 0.3) is 0 Å². The van der Waals surface area contributed by atoms with Crippen molar-refractivity contribution in [2.45, 2.75) is 17.9 Å². The number of aromatic nitrogens is 1. The van der Waals surface area contributed by atoms with Crippen molar-refractivity contribution in [1.29, 1.82) is 0 Å². The molecule has 1 aromatic heterocycles. The normalized spacial score (nSPS) is 12.2. The van der Waals surface area contributed by atoms with Crippen LogP contribution in [0.5, 0.6) is 0 Å². The van der Waals surface area contributed by atoms with E-state index in [9.17, 15) is 22.0 Å². The van der Waals surface area contributed by atoms with E-state index < -0.39 is 23.9 Å². The fraction of sp³-hybridized carbons (Fsp3) is 0.375. The summed E-state index contributed by atoms with van der Waals surface area (Å²) in [5, 5.41) is -0.00333. The summed E-state index contributed by atoms with van der Waals surface area (Å²) >= 11 is 2.87. The zero-order chi connectivity index (χ0) is 11.6. The number of pyridine rings is 1. The van der Waals surface area contributed by atoms with Gasteiger partial charge in [-0.3, -0.25) is 4.98 Å². The lowest BCUT2D eigenvalue weighted by molar-refractivity contribution is -0.137. The van der Waals surface area contributed by atoms with E-state index in [2.05, 4.69) is 20.9 Å². The van der Waals surface area contributed by atoms with Crippen LogP contribution in [0.4, 0.5) is 22.0 Å². The van der Waals surface area contributed by atoms with Crippen molar-refractivity contribution in [2.24, 2.45) is 0 Å². The number of nitrogens with zero attached hydrogens (tertiary/aromatic N) is 1. The molecule has 0 saturated carbocycles. The molecule has 0 bridgehead atoms.